The molecule has 0 unspecified atom stereocenters. The molecule has 1 aromatic heterocycles. The van der Waals surface area contributed by atoms with E-state index in [1.165, 1.54) is 6.42 Å². The highest BCUT2D eigenvalue weighted by atomic mass is 35.5. The number of benzene rings is 1. The molecule has 0 spiro atoms. The summed E-state index contributed by atoms with van der Waals surface area (Å²) in [5, 5.41) is 1.14. The average Bonchev–Trinajstić information content (AvgIpc) is 2.63. The van der Waals surface area contributed by atoms with Gasteiger partial charge in [-0.05, 0) is 38.0 Å². The zero-order chi connectivity index (χ0) is 19.6. The maximum absolute atomic E-state index is 13.1. The van der Waals surface area contributed by atoms with Crippen molar-refractivity contribution in [2.45, 2.75) is 53.1 Å². The van der Waals surface area contributed by atoms with E-state index in [-0.39, 0.29) is 5.56 Å². The van der Waals surface area contributed by atoms with Gasteiger partial charge in [-0.2, -0.15) is 0 Å². The van der Waals surface area contributed by atoms with Crippen LogP contribution in [0.25, 0.3) is 0 Å². The molecule has 0 radical (unpaired) electrons. The van der Waals surface area contributed by atoms with Crippen molar-refractivity contribution in [2.75, 3.05) is 18.1 Å². The highest BCUT2D eigenvalue weighted by molar-refractivity contribution is 6.36. The molecule has 1 aliphatic rings. The lowest BCUT2D eigenvalue weighted by atomic mass is 10.2. The van der Waals surface area contributed by atoms with Crippen LogP contribution in [-0.2, 0) is 13.1 Å². The number of aryl methyl sites for hydroxylation is 1. The summed E-state index contributed by atoms with van der Waals surface area (Å²) in [4.78, 5) is 22.1. The molecule has 146 valence electrons. The van der Waals surface area contributed by atoms with E-state index >= 15 is 0 Å². The fourth-order valence-corrected chi connectivity index (χ4v) is 4.06. The Morgan fingerprint density at radius 1 is 1.15 bits per heavy atom. The normalized spacial score (nSPS) is 14.5. The van der Waals surface area contributed by atoms with Crippen LogP contribution in [-0.4, -0.2) is 27.7 Å². The Bertz CT molecular complexity index is 881. The quantitative estimate of drug-likeness (QED) is 0.631. The second-order valence-electron chi connectivity index (χ2n) is 6.97. The first-order valence-electron chi connectivity index (χ1n) is 9.51. The van der Waals surface area contributed by atoms with Gasteiger partial charge in [0.2, 0.25) is 5.95 Å². The fraction of sp³-hybridized carbons (Fsp3) is 0.500. The van der Waals surface area contributed by atoms with Crippen molar-refractivity contribution >= 4 is 34.8 Å². The summed E-state index contributed by atoms with van der Waals surface area (Å²) in [7, 11) is 0. The summed E-state index contributed by atoms with van der Waals surface area (Å²) in [5.74, 6) is 0.644. The lowest BCUT2D eigenvalue weighted by Crippen LogP contribution is -2.48. The largest absolute Gasteiger partial charge is 0.297 e. The van der Waals surface area contributed by atoms with E-state index in [0.29, 0.717) is 35.8 Å². The van der Waals surface area contributed by atoms with Crippen molar-refractivity contribution < 1.29 is 0 Å². The number of rotatable bonds is 6. The predicted molar refractivity (Wildman–Crippen MR) is 112 cm³/mol. The molecule has 5 nitrogen and oxygen atoms in total. The van der Waals surface area contributed by atoms with Crippen LogP contribution >= 0.6 is 23.2 Å². The molecular weight excluding hydrogens is 383 g/mol. The third-order valence-electron chi connectivity index (χ3n) is 5.01. The molecule has 1 aromatic carbocycles. The lowest BCUT2D eigenvalue weighted by Gasteiger charge is -2.38. The number of aromatic nitrogens is 2. The topological polar surface area (TPSA) is 41.4 Å². The Morgan fingerprint density at radius 3 is 2.59 bits per heavy atom. The zero-order valence-corrected chi connectivity index (χ0v) is 17.6. The van der Waals surface area contributed by atoms with E-state index in [9.17, 15) is 4.79 Å². The van der Waals surface area contributed by atoms with E-state index in [1.54, 1.807) is 10.6 Å². The number of hydrogen-bond acceptors (Lipinski definition) is 4. The zero-order valence-electron chi connectivity index (χ0n) is 16.1. The molecule has 0 atom stereocenters. The van der Waals surface area contributed by atoms with Gasteiger partial charge in [-0.1, -0.05) is 49.9 Å². The van der Waals surface area contributed by atoms with E-state index < -0.39 is 0 Å². The summed E-state index contributed by atoms with van der Waals surface area (Å²) in [5.41, 5.74) is 2.40. The Kier molecular flexibility index (Phi) is 6.45. The van der Waals surface area contributed by atoms with Gasteiger partial charge in [-0.25, -0.2) is 4.98 Å². The van der Waals surface area contributed by atoms with Gasteiger partial charge in [-0.3, -0.25) is 19.2 Å². The number of fused-ring (bicyclic) bond motifs is 1. The first-order chi connectivity index (χ1) is 13.0. The van der Waals surface area contributed by atoms with Gasteiger partial charge in [0.1, 0.15) is 0 Å². The third kappa shape index (κ3) is 4.15. The second-order valence-corrected chi connectivity index (χ2v) is 7.81. The minimum Gasteiger partial charge on any atom is -0.297 e. The summed E-state index contributed by atoms with van der Waals surface area (Å²) in [6.07, 6.45) is 4.11. The first kappa shape index (κ1) is 20.2. The van der Waals surface area contributed by atoms with Gasteiger partial charge in [0.15, 0.2) is 0 Å². The average molecular weight is 409 g/mol. The SMILES string of the molecule is CCCCCN1CN(c2ccc(Cl)cc2Cl)c2nc(C)c(CC)c(=O)n2C1. The highest BCUT2D eigenvalue weighted by Crippen LogP contribution is 2.34. The molecule has 2 aromatic rings. The van der Waals surface area contributed by atoms with Crippen LogP contribution in [0.5, 0.6) is 0 Å². The van der Waals surface area contributed by atoms with Crippen molar-refractivity contribution in [2.24, 2.45) is 0 Å². The summed E-state index contributed by atoms with van der Waals surface area (Å²) in [6.45, 7) is 8.21. The second kappa shape index (κ2) is 8.63. The number of nitrogens with zero attached hydrogens (tertiary/aromatic N) is 4. The van der Waals surface area contributed by atoms with Crippen molar-refractivity contribution in [3.63, 3.8) is 0 Å². The number of hydrogen-bond donors (Lipinski definition) is 0. The highest BCUT2D eigenvalue weighted by Gasteiger charge is 2.28. The molecule has 0 bridgehead atoms. The molecule has 3 rings (SSSR count). The van der Waals surface area contributed by atoms with Crippen LogP contribution in [0.15, 0.2) is 23.0 Å². The monoisotopic (exact) mass is 408 g/mol. The maximum atomic E-state index is 13.1. The predicted octanol–water partition coefficient (Wildman–Crippen LogP) is 4.98. The molecule has 2 heterocycles. The van der Waals surface area contributed by atoms with Crippen LogP contribution < -0.4 is 10.5 Å². The molecule has 0 fully saturated rings. The van der Waals surface area contributed by atoms with E-state index in [4.69, 9.17) is 28.2 Å². The van der Waals surface area contributed by atoms with Gasteiger partial charge in [-0.15, -0.1) is 0 Å². The van der Waals surface area contributed by atoms with Gasteiger partial charge < -0.3 is 0 Å². The van der Waals surface area contributed by atoms with Crippen LogP contribution in [0.1, 0.15) is 44.4 Å². The standard InChI is InChI=1S/C20H26Cl2N4O/c1-4-6-7-10-24-12-25(18-9-8-15(21)11-17(18)22)20-23-14(3)16(5-2)19(27)26(20)13-24/h8-9,11H,4-7,10,12-13H2,1-3H3. The number of halogens is 2. The van der Waals surface area contributed by atoms with E-state index in [1.807, 2.05) is 30.9 Å². The molecular formula is C20H26Cl2N4O. The Balaban J connectivity index is 2.08. The maximum Gasteiger partial charge on any atom is 0.259 e. The molecule has 0 saturated heterocycles. The minimum atomic E-state index is 0.0373. The van der Waals surface area contributed by atoms with E-state index in [2.05, 4.69) is 11.8 Å². The van der Waals surface area contributed by atoms with Gasteiger partial charge >= 0.3 is 0 Å². The van der Waals surface area contributed by atoms with Gasteiger partial charge in [0.25, 0.3) is 5.56 Å². The van der Waals surface area contributed by atoms with E-state index in [0.717, 1.165) is 36.3 Å². The molecule has 1 aliphatic heterocycles. The van der Waals surface area contributed by atoms with Crippen molar-refractivity contribution in [1.82, 2.24) is 14.5 Å². The summed E-state index contributed by atoms with van der Waals surface area (Å²) >= 11 is 12.6. The Labute approximate surface area is 170 Å². The van der Waals surface area contributed by atoms with Crippen LogP contribution in [0, 0.1) is 6.92 Å². The van der Waals surface area contributed by atoms with Gasteiger partial charge in [0.05, 0.1) is 24.0 Å². The van der Waals surface area contributed by atoms with Crippen molar-refractivity contribution in [3.8, 4) is 0 Å². The van der Waals surface area contributed by atoms with Crippen molar-refractivity contribution in [1.29, 1.82) is 0 Å². The number of unbranched alkanes of at least 4 members (excludes halogenated alkanes) is 2. The third-order valence-corrected chi connectivity index (χ3v) is 5.54. The molecule has 0 saturated carbocycles. The Hall–Kier alpha value is -1.56. The smallest absolute Gasteiger partial charge is 0.259 e. The minimum absolute atomic E-state index is 0.0373. The molecule has 0 amide bonds. The first-order valence-corrected chi connectivity index (χ1v) is 10.3. The van der Waals surface area contributed by atoms with Crippen LogP contribution in [0.2, 0.25) is 10.0 Å². The van der Waals surface area contributed by atoms with Crippen LogP contribution in [0.3, 0.4) is 0 Å². The molecule has 7 heteroatoms. The molecule has 0 N–H and O–H groups in total. The number of anilines is 2. The fourth-order valence-electron chi connectivity index (χ4n) is 3.55. The van der Waals surface area contributed by atoms with Crippen LogP contribution in [0.4, 0.5) is 11.6 Å². The molecule has 0 aliphatic carbocycles. The lowest BCUT2D eigenvalue weighted by molar-refractivity contribution is 0.194. The Morgan fingerprint density at radius 2 is 1.93 bits per heavy atom. The van der Waals surface area contributed by atoms with Gasteiger partial charge in [0, 0.05) is 22.8 Å². The van der Waals surface area contributed by atoms with Crippen molar-refractivity contribution in [3.05, 3.63) is 49.9 Å². The summed E-state index contributed by atoms with van der Waals surface area (Å²) in [6, 6.07) is 5.43. The molecule has 27 heavy (non-hydrogen) atoms. The summed E-state index contributed by atoms with van der Waals surface area (Å²) < 4.78 is 1.77.